The van der Waals surface area contributed by atoms with Gasteiger partial charge in [0.25, 0.3) is 0 Å². The fraction of sp³-hybridized carbons (Fsp3) is 0.600. The highest BCUT2D eigenvalue weighted by molar-refractivity contribution is 7.89. The first-order valence-electron chi connectivity index (χ1n) is 7.52. The maximum atomic E-state index is 12.4. The lowest BCUT2D eigenvalue weighted by atomic mass is 10.3. The molecule has 6 heteroatoms. The Morgan fingerprint density at radius 3 is 2.57 bits per heavy atom. The van der Waals surface area contributed by atoms with E-state index < -0.39 is 10.0 Å². The molecule has 0 amide bonds. The van der Waals surface area contributed by atoms with Gasteiger partial charge in [0.15, 0.2) is 0 Å². The standard InChI is InChI=1S/C15H24N2O3S/c1-2-3-4-11-20-14-5-7-15(8-6-14)21(18,19)17-10-9-13(16)12-17/h5-8,13H,2-4,9-12,16H2,1H3/t13-/m1/s1. The van der Waals surface area contributed by atoms with Crippen LogP contribution < -0.4 is 10.5 Å². The third kappa shape index (κ3) is 4.18. The molecular formula is C15H24N2O3S. The fourth-order valence-electron chi connectivity index (χ4n) is 2.37. The Balaban J connectivity index is 1.98. The van der Waals surface area contributed by atoms with E-state index in [0.29, 0.717) is 30.3 Å². The van der Waals surface area contributed by atoms with Gasteiger partial charge in [0.1, 0.15) is 5.75 Å². The van der Waals surface area contributed by atoms with Crippen LogP contribution in [0, 0.1) is 0 Å². The minimum Gasteiger partial charge on any atom is -0.494 e. The van der Waals surface area contributed by atoms with Crippen molar-refractivity contribution in [1.82, 2.24) is 4.31 Å². The van der Waals surface area contributed by atoms with E-state index in [2.05, 4.69) is 6.92 Å². The molecule has 0 aliphatic carbocycles. The summed E-state index contributed by atoms with van der Waals surface area (Å²) < 4.78 is 31.9. The van der Waals surface area contributed by atoms with Gasteiger partial charge in [0.05, 0.1) is 11.5 Å². The van der Waals surface area contributed by atoms with Gasteiger partial charge in [-0.05, 0) is 37.1 Å². The summed E-state index contributed by atoms with van der Waals surface area (Å²) in [5.41, 5.74) is 5.78. The summed E-state index contributed by atoms with van der Waals surface area (Å²) >= 11 is 0. The minimum absolute atomic E-state index is 0.0547. The average Bonchev–Trinajstić information content (AvgIpc) is 2.91. The molecule has 1 fully saturated rings. The van der Waals surface area contributed by atoms with E-state index in [1.807, 2.05) is 0 Å². The van der Waals surface area contributed by atoms with Gasteiger partial charge >= 0.3 is 0 Å². The first-order chi connectivity index (χ1) is 10.0. The SMILES string of the molecule is CCCCCOc1ccc(S(=O)(=O)N2CC[C@@H](N)C2)cc1. The second-order valence-electron chi connectivity index (χ2n) is 5.44. The molecule has 1 saturated heterocycles. The van der Waals surface area contributed by atoms with Crippen molar-refractivity contribution < 1.29 is 13.2 Å². The van der Waals surface area contributed by atoms with Crippen LogP contribution in [-0.4, -0.2) is 38.5 Å². The van der Waals surface area contributed by atoms with Crippen LogP contribution in [0.5, 0.6) is 5.75 Å². The van der Waals surface area contributed by atoms with Crippen molar-refractivity contribution >= 4 is 10.0 Å². The number of ether oxygens (including phenoxy) is 1. The van der Waals surface area contributed by atoms with Crippen LogP contribution in [0.25, 0.3) is 0 Å². The van der Waals surface area contributed by atoms with E-state index in [-0.39, 0.29) is 6.04 Å². The van der Waals surface area contributed by atoms with Crippen molar-refractivity contribution in [3.63, 3.8) is 0 Å². The van der Waals surface area contributed by atoms with Gasteiger partial charge in [0.2, 0.25) is 10.0 Å². The topological polar surface area (TPSA) is 72.6 Å². The van der Waals surface area contributed by atoms with Gasteiger partial charge in [-0.25, -0.2) is 8.42 Å². The van der Waals surface area contributed by atoms with Crippen LogP contribution in [-0.2, 0) is 10.0 Å². The average molecular weight is 312 g/mol. The van der Waals surface area contributed by atoms with Gasteiger partial charge < -0.3 is 10.5 Å². The molecule has 0 unspecified atom stereocenters. The highest BCUT2D eigenvalue weighted by atomic mass is 32.2. The molecule has 1 aliphatic rings. The highest BCUT2D eigenvalue weighted by Gasteiger charge is 2.30. The second kappa shape index (κ2) is 7.24. The molecule has 118 valence electrons. The predicted molar refractivity (Wildman–Crippen MR) is 82.8 cm³/mol. The summed E-state index contributed by atoms with van der Waals surface area (Å²) in [4.78, 5) is 0.303. The number of nitrogens with two attached hydrogens (primary N) is 1. The maximum absolute atomic E-state index is 12.4. The first-order valence-corrected chi connectivity index (χ1v) is 8.96. The summed E-state index contributed by atoms with van der Waals surface area (Å²) in [5, 5.41) is 0. The maximum Gasteiger partial charge on any atom is 0.243 e. The molecule has 1 atom stereocenters. The quantitative estimate of drug-likeness (QED) is 0.781. The lowest BCUT2D eigenvalue weighted by Gasteiger charge is -2.16. The Hall–Kier alpha value is -1.11. The Morgan fingerprint density at radius 1 is 1.29 bits per heavy atom. The molecule has 1 aliphatic heterocycles. The Kier molecular flexibility index (Phi) is 5.61. The Bertz CT molecular complexity index is 543. The van der Waals surface area contributed by atoms with Crippen LogP contribution in [0.2, 0.25) is 0 Å². The number of unbranched alkanes of at least 4 members (excludes halogenated alkanes) is 2. The van der Waals surface area contributed by atoms with Crippen molar-refractivity contribution in [2.45, 2.75) is 43.5 Å². The number of nitrogens with zero attached hydrogens (tertiary/aromatic N) is 1. The van der Waals surface area contributed by atoms with Crippen LogP contribution in [0.3, 0.4) is 0 Å². The van der Waals surface area contributed by atoms with Gasteiger partial charge in [-0.15, -0.1) is 0 Å². The minimum atomic E-state index is -3.42. The molecule has 0 radical (unpaired) electrons. The zero-order valence-corrected chi connectivity index (χ0v) is 13.3. The molecule has 0 aromatic heterocycles. The second-order valence-corrected chi connectivity index (χ2v) is 7.38. The Labute approximate surface area is 127 Å². The summed E-state index contributed by atoms with van der Waals surface area (Å²) in [6, 6.07) is 6.59. The molecule has 0 saturated carbocycles. The van der Waals surface area contributed by atoms with Gasteiger partial charge in [-0.1, -0.05) is 19.8 Å². The monoisotopic (exact) mass is 312 g/mol. The summed E-state index contributed by atoms with van der Waals surface area (Å²) in [6.45, 7) is 3.71. The molecule has 1 heterocycles. The Morgan fingerprint density at radius 2 is 2.00 bits per heavy atom. The van der Waals surface area contributed by atoms with Crippen LogP contribution in [0.4, 0.5) is 0 Å². The molecule has 2 N–H and O–H groups in total. The van der Waals surface area contributed by atoms with Crippen molar-refractivity contribution in [1.29, 1.82) is 0 Å². The summed E-state index contributed by atoms with van der Waals surface area (Å²) in [5.74, 6) is 0.711. The van der Waals surface area contributed by atoms with E-state index in [4.69, 9.17) is 10.5 Å². The number of sulfonamides is 1. The van der Waals surface area contributed by atoms with E-state index >= 15 is 0 Å². The lowest BCUT2D eigenvalue weighted by Crippen LogP contribution is -2.31. The predicted octanol–water partition coefficient (Wildman–Crippen LogP) is 1.98. The number of benzene rings is 1. The first kappa shape index (κ1) is 16.3. The van der Waals surface area contributed by atoms with Crippen molar-refractivity contribution in [3.05, 3.63) is 24.3 Å². The number of hydrogen-bond acceptors (Lipinski definition) is 4. The molecule has 5 nitrogen and oxygen atoms in total. The van der Waals surface area contributed by atoms with Crippen molar-refractivity contribution in [2.24, 2.45) is 5.73 Å². The van der Waals surface area contributed by atoms with Crippen molar-refractivity contribution in [2.75, 3.05) is 19.7 Å². The van der Waals surface area contributed by atoms with Crippen molar-refractivity contribution in [3.8, 4) is 5.75 Å². The number of rotatable bonds is 7. The van der Waals surface area contributed by atoms with Gasteiger partial charge in [0, 0.05) is 19.1 Å². The molecule has 2 rings (SSSR count). The highest BCUT2D eigenvalue weighted by Crippen LogP contribution is 2.22. The van der Waals surface area contributed by atoms with E-state index in [1.54, 1.807) is 24.3 Å². The fourth-order valence-corrected chi connectivity index (χ4v) is 3.88. The third-order valence-corrected chi connectivity index (χ3v) is 5.54. The van der Waals surface area contributed by atoms with E-state index in [0.717, 1.165) is 25.7 Å². The van der Waals surface area contributed by atoms with E-state index in [9.17, 15) is 8.42 Å². The van der Waals surface area contributed by atoms with Gasteiger partial charge in [-0.3, -0.25) is 0 Å². The summed E-state index contributed by atoms with van der Waals surface area (Å²) in [7, 11) is -3.42. The number of hydrogen-bond donors (Lipinski definition) is 1. The van der Waals surface area contributed by atoms with Crippen LogP contribution >= 0.6 is 0 Å². The lowest BCUT2D eigenvalue weighted by molar-refractivity contribution is 0.306. The summed E-state index contributed by atoms with van der Waals surface area (Å²) in [6.07, 6.45) is 4.03. The van der Waals surface area contributed by atoms with Crippen LogP contribution in [0.15, 0.2) is 29.2 Å². The molecular weight excluding hydrogens is 288 g/mol. The van der Waals surface area contributed by atoms with Crippen LogP contribution in [0.1, 0.15) is 32.6 Å². The largest absolute Gasteiger partial charge is 0.494 e. The zero-order valence-electron chi connectivity index (χ0n) is 12.5. The molecule has 0 bridgehead atoms. The molecule has 1 aromatic rings. The van der Waals surface area contributed by atoms with E-state index in [1.165, 1.54) is 4.31 Å². The third-order valence-electron chi connectivity index (χ3n) is 3.67. The molecule has 0 spiro atoms. The molecule has 21 heavy (non-hydrogen) atoms. The zero-order chi connectivity index (χ0) is 15.3. The smallest absolute Gasteiger partial charge is 0.243 e. The normalized spacial score (nSPS) is 19.8. The van der Waals surface area contributed by atoms with Gasteiger partial charge in [-0.2, -0.15) is 4.31 Å². The molecule has 1 aromatic carbocycles.